The maximum Gasteiger partial charge on any atom is 0.255 e. The number of fused-ring (bicyclic) bond motifs is 1. The molecule has 282 valence electrons. The van der Waals surface area contributed by atoms with E-state index in [9.17, 15) is 33.5 Å². The Morgan fingerprint density at radius 3 is 2.38 bits per heavy atom. The van der Waals surface area contributed by atoms with Crippen molar-refractivity contribution in [2.45, 2.75) is 63.1 Å². The third kappa shape index (κ3) is 10.3. The highest BCUT2D eigenvalue weighted by Gasteiger charge is 2.37. The summed E-state index contributed by atoms with van der Waals surface area (Å²) in [5.41, 5.74) is 0.739. The Morgan fingerprint density at radius 1 is 0.925 bits per heavy atom. The smallest absolute Gasteiger partial charge is 0.255 e. The van der Waals surface area contributed by atoms with Gasteiger partial charge < -0.3 is 41.2 Å². The molecule has 2 aliphatic rings. The number of nitrogens with one attached hydrogen (secondary N) is 5. The molecule has 2 heterocycles. The van der Waals surface area contributed by atoms with Gasteiger partial charge in [-0.1, -0.05) is 50.2 Å². The largest absolute Gasteiger partial charge is 0.508 e. The molecule has 3 aromatic carbocycles. The molecule has 1 saturated heterocycles. The second-order valence-electron chi connectivity index (χ2n) is 13.7. The maximum absolute atomic E-state index is 14.3. The molecule has 0 aliphatic carbocycles. The van der Waals surface area contributed by atoms with E-state index >= 15 is 0 Å². The van der Waals surface area contributed by atoms with Crippen molar-refractivity contribution in [3.05, 3.63) is 95.3 Å². The number of amides is 5. The summed E-state index contributed by atoms with van der Waals surface area (Å²) < 4.78 is 25.8. The number of ether oxygens (including phenoxy) is 2. The molecule has 0 radical (unpaired) electrons. The van der Waals surface area contributed by atoms with Gasteiger partial charge in [0.2, 0.25) is 23.6 Å². The standard InChI is InChI=1S/C39H46FN5O8/c1-24(2)34-38(51)41-16-19-53-32-9-4-3-8-29(32)35(48)44-31(22-33(47)43-30(37(50)45-34)20-25-10-12-28(46)13-11-25)36(49)42-23-39(14-17-52-18-15-39)26-6-5-7-27(40)21-26/h3-13,21,24,30-31,34,46H,14-20,22-23H2,1-2H3,(H,41,51)(H,42,49)(H,43,47)(H,44,48)(H,45,50)/t30-,31-,34+/m0/s1. The summed E-state index contributed by atoms with van der Waals surface area (Å²) in [6, 6.07) is 15.1. The Bertz CT molecular complexity index is 1780. The van der Waals surface area contributed by atoms with E-state index in [4.69, 9.17) is 9.47 Å². The van der Waals surface area contributed by atoms with E-state index in [1.54, 1.807) is 56.3 Å². The number of para-hydroxylation sites is 1. The molecule has 0 spiro atoms. The predicted octanol–water partition coefficient (Wildman–Crippen LogP) is 2.26. The first kappa shape index (κ1) is 38.7. The molecule has 0 aromatic heterocycles. The lowest BCUT2D eigenvalue weighted by atomic mass is 9.74. The second kappa shape index (κ2) is 17.8. The highest BCUT2D eigenvalue weighted by atomic mass is 19.1. The number of aromatic hydroxyl groups is 1. The Balaban J connectivity index is 1.45. The summed E-state index contributed by atoms with van der Waals surface area (Å²) in [4.78, 5) is 68.5. The van der Waals surface area contributed by atoms with Gasteiger partial charge in [-0.05, 0) is 66.3 Å². The van der Waals surface area contributed by atoms with Crippen LogP contribution in [-0.2, 0) is 35.8 Å². The number of phenols is 1. The number of halogens is 1. The molecule has 1 fully saturated rings. The van der Waals surface area contributed by atoms with E-state index in [2.05, 4.69) is 26.6 Å². The molecule has 13 nitrogen and oxygen atoms in total. The van der Waals surface area contributed by atoms with Crippen molar-refractivity contribution < 1.29 is 42.9 Å². The molecular weight excluding hydrogens is 685 g/mol. The lowest BCUT2D eigenvalue weighted by Gasteiger charge is -2.38. The van der Waals surface area contributed by atoms with Crippen molar-refractivity contribution in [2.24, 2.45) is 5.92 Å². The Hall–Kier alpha value is -5.50. The van der Waals surface area contributed by atoms with E-state index in [1.165, 1.54) is 30.3 Å². The van der Waals surface area contributed by atoms with Crippen LogP contribution in [0.3, 0.4) is 0 Å². The Labute approximate surface area is 307 Å². The normalized spacial score (nSPS) is 21.5. The molecule has 5 rings (SSSR count). The molecule has 2 aliphatic heterocycles. The highest BCUT2D eigenvalue weighted by molar-refractivity contribution is 6.01. The van der Waals surface area contributed by atoms with Gasteiger partial charge in [-0.2, -0.15) is 0 Å². The van der Waals surface area contributed by atoms with Gasteiger partial charge in [-0.15, -0.1) is 0 Å². The summed E-state index contributed by atoms with van der Waals surface area (Å²) in [7, 11) is 0. The number of benzene rings is 3. The van der Waals surface area contributed by atoms with Crippen LogP contribution in [0.15, 0.2) is 72.8 Å². The third-order valence-electron chi connectivity index (χ3n) is 9.56. The fraction of sp³-hybridized carbons (Fsp3) is 0.410. The van der Waals surface area contributed by atoms with Gasteiger partial charge in [-0.25, -0.2) is 4.39 Å². The minimum atomic E-state index is -1.40. The quantitative estimate of drug-likeness (QED) is 0.214. The van der Waals surface area contributed by atoms with Gasteiger partial charge in [0.1, 0.15) is 42.0 Å². The van der Waals surface area contributed by atoms with Gasteiger partial charge in [0.05, 0.1) is 18.5 Å². The zero-order valence-corrected chi connectivity index (χ0v) is 29.8. The van der Waals surface area contributed by atoms with Gasteiger partial charge in [0, 0.05) is 31.6 Å². The number of hydrogen-bond acceptors (Lipinski definition) is 8. The minimum Gasteiger partial charge on any atom is -0.508 e. The summed E-state index contributed by atoms with van der Waals surface area (Å²) in [5.74, 6) is -3.71. The molecule has 3 atom stereocenters. The highest BCUT2D eigenvalue weighted by Crippen LogP contribution is 2.34. The molecule has 0 bridgehead atoms. The van der Waals surface area contributed by atoms with Gasteiger partial charge in [0.15, 0.2) is 0 Å². The van der Waals surface area contributed by atoms with Crippen LogP contribution < -0.4 is 31.3 Å². The molecule has 0 saturated carbocycles. The molecule has 0 unspecified atom stereocenters. The van der Waals surface area contributed by atoms with Crippen molar-refractivity contribution in [2.75, 3.05) is 32.9 Å². The van der Waals surface area contributed by atoms with Crippen molar-refractivity contribution >= 4 is 29.5 Å². The predicted molar refractivity (Wildman–Crippen MR) is 192 cm³/mol. The van der Waals surface area contributed by atoms with Crippen LogP contribution in [-0.4, -0.2) is 85.7 Å². The van der Waals surface area contributed by atoms with Crippen molar-refractivity contribution in [3.63, 3.8) is 0 Å². The second-order valence-corrected chi connectivity index (χ2v) is 13.7. The lowest BCUT2D eigenvalue weighted by molar-refractivity contribution is -0.133. The maximum atomic E-state index is 14.3. The first-order chi connectivity index (χ1) is 25.4. The summed E-state index contributed by atoms with van der Waals surface area (Å²) in [5, 5.41) is 23.6. The number of rotatable bonds is 7. The Morgan fingerprint density at radius 2 is 1.66 bits per heavy atom. The zero-order chi connectivity index (χ0) is 38.0. The fourth-order valence-electron chi connectivity index (χ4n) is 6.50. The van der Waals surface area contributed by atoms with E-state index in [-0.39, 0.29) is 49.1 Å². The van der Waals surface area contributed by atoms with Crippen LogP contribution in [0.25, 0.3) is 0 Å². The van der Waals surface area contributed by atoms with E-state index in [1.807, 2.05) is 0 Å². The molecule has 14 heteroatoms. The summed E-state index contributed by atoms with van der Waals surface area (Å²) in [6.45, 7) is 4.47. The van der Waals surface area contributed by atoms with Gasteiger partial charge in [-0.3, -0.25) is 24.0 Å². The van der Waals surface area contributed by atoms with E-state index in [0.29, 0.717) is 37.2 Å². The first-order valence-corrected chi connectivity index (χ1v) is 17.7. The third-order valence-corrected chi connectivity index (χ3v) is 9.56. The SMILES string of the molecule is CC(C)[C@H]1NC(=O)[C@H](Cc2ccc(O)cc2)NC(=O)C[C@@H](C(=O)NCC2(c3cccc(F)c3)CCOCC2)NC(=O)c2ccccc2OCCNC1=O. The monoisotopic (exact) mass is 731 g/mol. The van der Waals surface area contributed by atoms with Crippen molar-refractivity contribution in [1.82, 2.24) is 26.6 Å². The number of phenolic OH excluding ortho intramolecular Hbond substituents is 1. The molecule has 5 amide bonds. The van der Waals surface area contributed by atoms with E-state index < -0.39 is 65.3 Å². The lowest BCUT2D eigenvalue weighted by Crippen LogP contribution is -2.57. The van der Waals surface area contributed by atoms with Crippen LogP contribution in [0.4, 0.5) is 4.39 Å². The first-order valence-electron chi connectivity index (χ1n) is 17.7. The van der Waals surface area contributed by atoms with Crippen LogP contribution in [0, 0.1) is 11.7 Å². The van der Waals surface area contributed by atoms with Crippen molar-refractivity contribution in [1.29, 1.82) is 0 Å². The molecule has 6 N–H and O–H groups in total. The molecule has 3 aromatic rings. The number of hydrogen-bond donors (Lipinski definition) is 6. The number of carbonyl (C=O) groups is 5. The van der Waals surface area contributed by atoms with Crippen LogP contribution in [0.2, 0.25) is 0 Å². The average Bonchev–Trinajstić information content (AvgIpc) is 3.14. The summed E-state index contributed by atoms with van der Waals surface area (Å²) >= 11 is 0. The summed E-state index contributed by atoms with van der Waals surface area (Å²) in [6.07, 6.45) is 0.445. The molecular formula is C39H46FN5O8. The minimum absolute atomic E-state index is 0.00585. The molecule has 53 heavy (non-hydrogen) atoms. The van der Waals surface area contributed by atoms with Crippen LogP contribution in [0.1, 0.15) is 54.6 Å². The zero-order valence-electron chi connectivity index (χ0n) is 29.8. The van der Waals surface area contributed by atoms with Crippen LogP contribution >= 0.6 is 0 Å². The van der Waals surface area contributed by atoms with Gasteiger partial charge >= 0.3 is 0 Å². The van der Waals surface area contributed by atoms with E-state index in [0.717, 1.165) is 0 Å². The van der Waals surface area contributed by atoms with Crippen LogP contribution in [0.5, 0.6) is 11.5 Å². The van der Waals surface area contributed by atoms with Crippen molar-refractivity contribution in [3.8, 4) is 11.5 Å². The van der Waals surface area contributed by atoms with Gasteiger partial charge in [0.25, 0.3) is 5.91 Å². The average molecular weight is 732 g/mol. The Kier molecular flexibility index (Phi) is 13.0. The topological polar surface area (TPSA) is 184 Å². The fourth-order valence-corrected chi connectivity index (χ4v) is 6.50. The number of carbonyl (C=O) groups excluding carboxylic acids is 5.